The van der Waals surface area contributed by atoms with Crippen LogP contribution in [0.5, 0.6) is 5.75 Å². The van der Waals surface area contributed by atoms with E-state index in [9.17, 15) is 14.4 Å². The Morgan fingerprint density at radius 2 is 1.50 bits per heavy atom. The highest BCUT2D eigenvalue weighted by Gasteiger charge is 2.09. The summed E-state index contributed by atoms with van der Waals surface area (Å²) in [7, 11) is 0. The number of rotatable bonds is 6. The van der Waals surface area contributed by atoms with Gasteiger partial charge in [0.1, 0.15) is 5.75 Å². The zero-order valence-corrected chi connectivity index (χ0v) is 14.6. The topological polar surface area (TPSA) is 93.7 Å². The van der Waals surface area contributed by atoms with Gasteiger partial charge in [-0.05, 0) is 50.2 Å². The minimum Gasteiger partial charge on any atom is -0.484 e. The highest BCUT2D eigenvalue weighted by Crippen LogP contribution is 2.12. The molecule has 7 nitrogen and oxygen atoms in total. The first-order valence-corrected chi connectivity index (χ1v) is 8.05. The van der Waals surface area contributed by atoms with Crippen molar-refractivity contribution in [3.63, 3.8) is 0 Å². The van der Waals surface area contributed by atoms with Gasteiger partial charge >= 0.3 is 5.97 Å². The Hall–Kier alpha value is -3.35. The lowest BCUT2D eigenvalue weighted by molar-refractivity contribution is -0.123. The molecule has 0 saturated heterocycles. The maximum atomic E-state index is 11.9. The van der Waals surface area contributed by atoms with Crippen molar-refractivity contribution in [2.75, 3.05) is 13.2 Å². The highest BCUT2D eigenvalue weighted by atomic mass is 16.5. The molecule has 0 spiro atoms. The molecule has 2 aromatic carbocycles. The average molecular weight is 356 g/mol. The summed E-state index contributed by atoms with van der Waals surface area (Å²) in [5, 5.41) is 0. The van der Waals surface area contributed by atoms with Gasteiger partial charge in [-0.25, -0.2) is 4.79 Å². The zero-order valence-electron chi connectivity index (χ0n) is 14.6. The summed E-state index contributed by atoms with van der Waals surface area (Å²) in [6.45, 7) is 3.66. The number of amides is 2. The third-order valence-electron chi connectivity index (χ3n) is 3.36. The first kappa shape index (κ1) is 19.0. The molecular weight excluding hydrogens is 336 g/mol. The van der Waals surface area contributed by atoms with Crippen LogP contribution >= 0.6 is 0 Å². The van der Waals surface area contributed by atoms with Crippen molar-refractivity contribution < 1.29 is 23.9 Å². The molecule has 0 unspecified atom stereocenters. The van der Waals surface area contributed by atoms with Gasteiger partial charge in [-0.15, -0.1) is 0 Å². The van der Waals surface area contributed by atoms with E-state index in [1.54, 1.807) is 55.5 Å². The third-order valence-corrected chi connectivity index (χ3v) is 3.36. The normalized spacial score (nSPS) is 9.92. The van der Waals surface area contributed by atoms with Crippen molar-refractivity contribution in [1.29, 1.82) is 0 Å². The van der Waals surface area contributed by atoms with Crippen LogP contribution in [0.1, 0.15) is 33.2 Å². The summed E-state index contributed by atoms with van der Waals surface area (Å²) in [6.07, 6.45) is 0. The first-order valence-electron chi connectivity index (χ1n) is 8.05. The van der Waals surface area contributed by atoms with Gasteiger partial charge in [0.25, 0.3) is 11.8 Å². The van der Waals surface area contributed by atoms with Crippen LogP contribution in [0.2, 0.25) is 0 Å². The monoisotopic (exact) mass is 356 g/mol. The molecule has 0 aliphatic rings. The molecule has 0 aliphatic carbocycles. The van der Waals surface area contributed by atoms with Crippen LogP contribution in [0, 0.1) is 6.92 Å². The van der Waals surface area contributed by atoms with Crippen molar-refractivity contribution in [2.45, 2.75) is 13.8 Å². The van der Waals surface area contributed by atoms with E-state index in [2.05, 4.69) is 10.9 Å². The van der Waals surface area contributed by atoms with Gasteiger partial charge in [0.05, 0.1) is 12.2 Å². The Labute approximate surface area is 151 Å². The number of nitrogens with one attached hydrogen (secondary N) is 2. The van der Waals surface area contributed by atoms with Gasteiger partial charge < -0.3 is 9.47 Å². The number of ether oxygens (including phenoxy) is 2. The number of carbonyl (C=O) groups is 3. The smallest absolute Gasteiger partial charge is 0.338 e. The first-order chi connectivity index (χ1) is 12.5. The standard InChI is InChI=1S/C19H20N2O5/c1-3-25-19(24)15-8-10-16(11-9-15)26-12-17(22)20-21-18(23)14-6-4-13(2)5-7-14/h4-11H,3,12H2,1-2H3,(H,20,22)(H,21,23). The van der Waals surface area contributed by atoms with E-state index in [0.717, 1.165) is 5.56 Å². The molecule has 2 amide bonds. The van der Waals surface area contributed by atoms with E-state index in [-0.39, 0.29) is 6.61 Å². The molecule has 0 heterocycles. The van der Waals surface area contributed by atoms with Crippen LogP contribution in [0.4, 0.5) is 0 Å². The molecule has 2 N–H and O–H groups in total. The van der Waals surface area contributed by atoms with Crippen molar-refractivity contribution in [3.05, 3.63) is 65.2 Å². The van der Waals surface area contributed by atoms with Crippen molar-refractivity contribution >= 4 is 17.8 Å². The fraction of sp³-hybridized carbons (Fsp3) is 0.211. The number of hydrogen-bond donors (Lipinski definition) is 2. The van der Waals surface area contributed by atoms with Crippen molar-refractivity contribution in [1.82, 2.24) is 10.9 Å². The minimum absolute atomic E-state index is 0.285. The molecule has 0 fully saturated rings. The average Bonchev–Trinajstić information content (AvgIpc) is 2.65. The zero-order chi connectivity index (χ0) is 18.9. The molecule has 0 aromatic heterocycles. The van der Waals surface area contributed by atoms with E-state index < -0.39 is 17.8 Å². The molecular formula is C19H20N2O5. The highest BCUT2D eigenvalue weighted by molar-refractivity contribution is 5.95. The number of hydrogen-bond acceptors (Lipinski definition) is 5. The number of benzene rings is 2. The van der Waals surface area contributed by atoms with Gasteiger partial charge in [0.15, 0.2) is 6.61 Å². The van der Waals surface area contributed by atoms with Gasteiger partial charge in [-0.3, -0.25) is 20.4 Å². The molecule has 136 valence electrons. The van der Waals surface area contributed by atoms with Gasteiger partial charge in [-0.1, -0.05) is 17.7 Å². The SMILES string of the molecule is CCOC(=O)c1ccc(OCC(=O)NNC(=O)c2ccc(C)cc2)cc1. The molecule has 2 rings (SSSR count). The van der Waals surface area contributed by atoms with E-state index in [1.807, 2.05) is 6.92 Å². The lowest BCUT2D eigenvalue weighted by Gasteiger charge is -2.09. The fourth-order valence-electron chi connectivity index (χ4n) is 1.99. The largest absolute Gasteiger partial charge is 0.484 e. The minimum atomic E-state index is -0.514. The Morgan fingerprint density at radius 3 is 2.12 bits per heavy atom. The maximum absolute atomic E-state index is 11.9. The molecule has 26 heavy (non-hydrogen) atoms. The summed E-state index contributed by atoms with van der Waals surface area (Å²) >= 11 is 0. The molecule has 0 atom stereocenters. The van der Waals surface area contributed by atoms with E-state index in [0.29, 0.717) is 23.5 Å². The number of carbonyl (C=O) groups excluding carboxylic acids is 3. The Kier molecular flexibility index (Phi) is 6.73. The second-order valence-corrected chi connectivity index (χ2v) is 5.40. The maximum Gasteiger partial charge on any atom is 0.338 e. The Morgan fingerprint density at radius 1 is 0.885 bits per heavy atom. The summed E-state index contributed by atoms with van der Waals surface area (Å²) in [6, 6.07) is 13.2. The second-order valence-electron chi connectivity index (χ2n) is 5.40. The number of hydrazine groups is 1. The second kappa shape index (κ2) is 9.22. The lowest BCUT2D eigenvalue weighted by Crippen LogP contribution is -2.43. The predicted octanol–water partition coefficient (Wildman–Crippen LogP) is 2.01. The van der Waals surface area contributed by atoms with Crippen LogP contribution < -0.4 is 15.6 Å². The summed E-state index contributed by atoms with van der Waals surface area (Å²) < 4.78 is 10.2. The quantitative estimate of drug-likeness (QED) is 0.610. The van der Waals surface area contributed by atoms with E-state index in [4.69, 9.17) is 9.47 Å². The van der Waals surface area contributed by atoms with Crippen LogP contribution in [0.15, 0.2) is 48.5 Å². The lowest BCUT2D eigenvalue weighted by atomic mass is 10.1. The summed E-state index contributed by atoms with van der Waals surface area (Å²) in [5.74, 6) is -0.939. The van der Waals surface area contributed by atoms with Crippen LogP contribution in [-0.2, 0) is 9.53 Å². The van der Waals surface area contributed by atoms with Gasteiger partial charge in [0, 0.05) is 5.56 Å². The van der Waals surface area contributed by atoms with Gasteiger partial charge in [-0.2, -0.15) is 0 Å². The van der Waals surface area contributed by atoms with E-state index >= 15 is 0 Å². The van der Waals surface area contributed by atoms with Gasteiger partial charge in [0.2, 0.25) is 0 Å². The molecule has 0 saturated carbocycles. The number of esters is 1. The Balaban J connectivity index is 1.77. The molecule has 0 aliphatic heterocycles. The third kappa shape index (κ3) is 5.62. The summed E-state index contributed by atoms with van der Waals surface area (Å²) in [5.41, 5.74) is 6.46. The fourth-order valence-corrected chi connectivity index (χ4v) is 1.99. The Bertz CT molecular complexity index is 770. The molecule has 0 radical (unpaired) electrons. The van der Waals surface area contributed by atoms with Crippen LogP contribution in [-0.4, -0.2) is 31.0 Å². The number of aryl methyl sites for hydroxylation is 1. The van der Waals surface area contributed by atoms with Crippen LogP contribution in [0.3, 0.4) is 0 Å². The predicted molar refractivity (Wildman–Crippen MR) is 94.7 cm³/mol. The van der Waals surface area contributed by atoms with Crippen molar-refractivity contribution in [2.24, 2.45) is 0 Å². The van der Waals surface area contributed by atoms with Crippen molar-refractivity contribution in [3.8, 4) is 5.75 Å². The molecule has 7 heteroatoms. The molecule has 2 aromatic rings. The van der Waals surface area contributed by atoms with E-state index in [1.165, 1.54) is 0 Å². The molecule has 0 bridgehead atoms. The summed E-state index contributed by atoms with van der Waals surface area (Å²) in [4.78, 5) is 35.2. The van der Waals surface area contributed by atoms with Crippen LogP contribution in [0.25, 0.3) is 0 Å².